The van der Waals surface area contributed by atoms with Crippen LogP contribution < -0.4 is 0 Å². The molecule has 0 spiro atoms. The van der Waals surface area contributed by atoms with Crippen LogP contribution in [0.25, 0.3) is 99.4 Å². The maximum Gasteiger partial charge on any atom is 0.144 e. The third-order valence-corrected chi connectivity index (χ3v) is 10.0. The molecule has 0 aliphatic rings. The first-order valence-corrected chi connectivity index (χ1v) is 17.4. The van der Waals surface area contributed by atoms with Crippen LogP contribution in [0.3, 0.4) is 0 Å². The van der Waals surface area contributed by atoms with E-state index < -0.39 is 0 Å². The molecule has 2 aromatic heterocycles. The highest BCUT2D eigenvalue weighted by atomic mass is 16.3. The highest BCUT2D eigenvalue weighted by Gasteiger charge is 2.19. The molecule has 0 aliphatic heterocycles. The molecular formula is C49H31NO. The molecule has 10 aromatic rings. The van der Waals surface area contributed by atoms with Crippen molar-refractivity contribution in [1.29, 1.82) is 0 Å². The number of hydrogen-bond acceptors (Lipinski definition) is 2. The first kappa shape index (κ1) is 29.2. The molecule has 0 aliphatic carbocycles. The molecule has 0 amide bonds. The monoisotopic (exact) mass is 649 g/mol. The Labute approximate surface area is 295 Å². The molecule has 0 bridgehead atoms. The molecule has 0 unspecified atom stereocenters. The summed E-state index contributed by atoms with van der Waals surface area (Å²) in [6.45, 7) is 0. The largest absolute Gasteiger partial charge is 0.455 e. The standard InChI is InChI=1S/C49H31NO/c1-4-14-32(15-5-1)37-29-38(33-16-6-2-7-17-33)31-39(30-37)35-20-12-21-36(28-35)40-23-13-24-41-42-26-27-44-46(49(42)51-48(40)41)43-22-10-11-25-45(43)50-47(44)34-18-8-3-9-19-34/h1-31H. The number of furan rings is 1. The first-order chi connectivity index (χ1) is 25.3. The van der Waals surface area contributed by atoms with E-state index in [4.69, 9.17) is 9.40 Å². The van der Waals surface area contributed by atoms with Crippen molar-refractivity contribution in [3.8, 4) is 55.8 Å². The Morgan fingerprint density at radius 3 is 1.51 bits per heavy atom. The van der Waals surface area contributed by atoms with Gasteiger partial charge in [0.2, 0.25) is 0 Å². The lowest BCUT2D eigenvalue weighted by atomic mass is 9.92. The van der Waals surface area contributed by atoms with E-state index >= 15 is 0 Å². The number of nitrogens with zero attached hydrogens (tertiary/aromatic N) is 1. The molecule has 0 saturated carbocycles. The molecule has 0 saturated heterocycles. The third-order valence-electron chi connectivity index (χ3n) is 10.0. The zero-order chi connectivity index (χ0) is 33.7. The number of fused-ring (bicyclic) bond motifs is 7. The zero-order valence-electron chi connectivity index (χ0n) is 27.8. The van der Waals surface area contributed by atoms with Crippen LogP contribution in [-0.2, 0) is 0 Å². The van der Waals surface area contributed by atoms with Crippen molar-refractivity contribution in [3.63, 3.8) is 0 Å². The smallest absolute Gasteiger partial charge is 0.144 e. The van der Waals surface area contributed by atoms with E-state index in [2.05, 4.69) is 182 Å². The van der Waals surface area contributed by atoms with Gasteiger partial charge in [0, 0.05) is 38.1 Å². The molecule has 238 valence electrons. The van der Waals surface area contributed by atoms with E-state index in [1.54, 1.807) is 0 Å². The molecule has 2 heterocycles. The van der Waals surface area contributed by atoms with Crippen molar-refractivity contribution in [3.05, 3.63) is 188 Å². The molecule has 0 N–H and O–H groups in total. The Bertz CT molecular complexity index is 2830. The van der Waals surface area contributed by atoms with Gasteiger partial charge in [0.1, 0.15) is 11.2 Å². The highest BCUT2D eigenvalue weighted by molar-refractivity contribution is 6.25. The second-order valence-corrected chi connectivity index (χ2v) is 13.1. The molecule has 8 aromatic carbocycles. The molecular weight excluding hydrogens is 619 g/mol. The number of benzene rings is 8. The van der Waals surface area contributed by atoms with E-state index in [-0.39, 0.29) is 0 Å². The minimum Gasteiger partial charge on any atom is -0.455 e. The second-order valence-electron chi connectivity index (χ2n) is 13.1. The third kappa shape index (κ3) is 5.00. The van der Waals surface area contributed by atoms with E-state index in [0.717, 1.165) is 71.6 Å². The van der Waals surface area contributed by atoms with Crippen molar-refractivity contribution in [2.45, 2.75) is 0 Å². The Morgan fingerprint density at radius 2 is 0.804 bits per heavy atom. The SMILES string of the molecule is c1ccc(-c2cc(-c3ccccc3)cc(-c3cccc(-c4cccc5c4oc4c5ccc5c(-c6ccccc6)nc6ccccc6c54)c3)c2)cc1. The quantitative estimate of drug-likeness (QED) is 0.173. The van der Waals surface area contributed by atoms with Crippen LogP contribution in [0.15, 0.2) is 192 Å². The summed E-state index contributed by atoms with van der Waals surface area (Å²) in [5.74, 6) is 0. The highest BCUT2D eigenvalue weighted by Crippen LogP contribution is 2.43. The molecule has 2 heteroatoms. The molecule has 0 fully saturated rings. The van der Waals surface area contributed by atoms with Crippen molar-refractivity contribution in [2.24, 2.45) is 0 Å². The predicted molar refractivity (Wildman–Crippen MR) is 214 cm³/mol. The summed E-state index contributed by atoms with van der Waals surface area (Å²) < 4.78 is 7.02. The Morgan fingerprint density at radius 1 is 0.314 bits per heavy atom. The average Bonchev–Trinajstić information content (AvgIpc) is 3.60. The van der Waals surface area contributed by atoms with Crippen molar-refractivity contribution >= 4 is 43.6 Å². The van der Waals surface area contributed by atoms with Gasteiger partial charge in [-0.25, -0.2) is 4.98 Å². The van der Waals surface area contributed by atoms with Gasteiger partial charge in [-0.05, 0) is 75.3 Å². The van der Waals surface area contributed by atoms with Crippen LogP contribution in [0.5, 0.6) is 0 Å². The molecule has 10 rings (SSSR count). The fourth-order valence-corrected chi connectivity index (χ4v) is 7.59. The van der Waals surface area contributed by atoms with Gasteiger partial charge in [-0.1, -0.05) is 152 Å². The van der Waals surface area contributed by atoms with Gasteiger partial charge < -0.3 is 4.42 Å². The lowest BCUT2D eigenvalue weighted by Crippen LogP contribution is -1.89. The van der Waals surface area contributed by atoms with E-state index in [1.807, 2.05) is 6.07 Å². The van der Waals surface area contributed by atoms with Crippen molar-refractivity contribution in [1.82, 2.24) is 4.98 Å². The summed E-state index contributed by atoms with van der Waals surface area (Å²) in [4.78, 5) is 5.15. The number of hydrogen-bond donors (Lipinski definition) is 0. The van der Waals surface area contributed by atoms with Crippen LogP contribution in [0.1, 0.15) is 0 Å². The molecule has 2 nitrogen and oxygen atoms in total. The summed E-state index contributed by atoms with van der Waals surface area (Å²) in [6.07, 6.45) is 0. The van der Waals surface area contributed by atoms with Crippen molar-refractivity contribution in [2.75, 3.05) is 0 Å². The Kier molecular flexibility index (Phi) is 6.85. The normalized spacial score (nSPS) is 11.5. The molecule has 0 atom stereocenters. The minimum atomic E-state index is 0.891. The van der Waals surface area contributed by atoms with E-state index in [1.165, 1.54) is 27.8 Å². The first-order valence-electron chi connectivity index (χ1n) is 17.4. The summed E-state index contributed by atoms with van der Waals surface area (Å²) in [5.41, 5.74) is 14.1. The van der Waals surface area contributed by atoms with Gasteiger partial charge in [0.25, 0.3) is 0 Å². The van der Waals surface area contributed by atoms with Gasteiger partial charge in [-0.3, -0.25) is 0 Å². The van der Waals surface area contributed by atoms with Gasteiger partial charge in [0.05, 0.1) is 11.2 Å². The number of rotatable bonds is 5. The fraction of sp³-hybridized carbons (Fsp3) is 0. The number of para-hydroxylation sites is 2. The summed E-state index contributed by atoms with van der Waals surface area (Å²) in [5, 5.41) is 5.48. The van der Waals surface area contributed by atoms with Gasteiger partial charge >= 0.3 is 0 Å². The van der Waals surface area contributed by atoms with Crippen LogP contribution >= 0.6 is 0 Å². The number of aromatic nitrogens is 1. The van der Waals surface area contributed by atoms with Gasteiger partial charge in [-0.2, -0.15) is 0 Å². The van der Waals surface area contributed by atoms with E-state index in [0.29, 0.717) is 0 Å². The van der Waals surface area contributed by atoms with Crippen LogP contribution in [0, 0.1) is 0 Å². The summed E-state index contributed by atoms with van der Waals surface area (Å²) in [6, 6.07) is 66.7. The summed E-state index contributed by atoms with van der Waals surface area (Å²) >= 11 is 0. The lowest BCUT2D eigenvalue weighted by molar-refractivity contribution is 0.674. The van der Waals surface area contributed by atoms with E-state index in [9.17, 15) is 0 Å². The van der Waals surface area contributed by atoms with Crippen LogP contribution in [0.4, 0.5) is 0 Å². The summed E-state index contributed by atoms with van der Waals surface area (Å²) in [7, 11) is 0. The average molecular weight is 650 g/mol. The number of pyridine rings is 1. The lowest BCUT2D eigenvalue weighted by Gasteiger charge is -2.12. The second kappa shape index (κ2) is 12.0. The molecule has 51 heavy (non-hydrogen) atoms. The maximum absolute atomic E-state index is 7.02. The van der Waals surface area contributed by atoms with Gasteiger partial charge in [0.15, 0.2) is 0 Å². The minimum absolute atomic E-state index is 0.891. The molecule has 0 radical (unpaired) electrons. The van der Waals surface area contributed by atoms with Crippen molar-refractivity contribution < 1.29 is 4.42 Å². The van der Waals surface area contributed by atoms with Crippen LogP contribution in [-0.4, -0.2) is 4.98 Å². The maximum atomic E-state index is 7.02. The Hall–Kier alpha value is -6.77. The predicted octanol–water partition coefficient (Wildman–Crippen LogP) is 13.6. The fourth-order valence-electron chi connectivity index (χ4n) is 7.59. The van der Waals surface area contributed by atoms with Crippen LogP contribution in [0.2, 0.25) is 0 Å². The topological polar surface area (TPSA) is 26.0 Å². The Balaban J connectivity index is 1.17. The van der Waals surface area contributed by atoms with Gasteiger partial charge in [-0.15, -0.1) is 0 Å². The zero-order valence-corrected chi connectivity index (χ0v) is 27.8.